The van der Waals surface area contributed by atoms with Crippen LogP contribution in [0.25, 0.3) is 12.2 Å². The van der Waals surface area contributed by atoms with Gasteiger partial charge in [0.1, 0.15) is 0 Å². The molecule has 0 saturated heterocycles. The first-order chi connectivity index (χ1) is 11.6. The summed E-state index contributed by atoms with van der Waals surface area (Å²) >= 11 is 1.55. The monoisotopic (exact) mass is 459 g/mol. The van der Waals surface area contributed by atoms with E-state index in [0.717, 1.165) is 6.42 Å². The summed E-state index contributed by atoms with van der Waals surface area (Å²) < 4.78 is 1.51. The van der Waals surface area contributed by atoms with Crippen molar-refractivity contribution in [2.75, 3.05) is 0 Å². The number of benzene rings is 2. The molecule has 0 radical (unpaired) electrons. The predicted octanol–water partition coefficient (Wildman–Crippen LogP) is -0.0556. The van der Waals surface area contributed by atoms with E-state index in [4.69, 9.17) is 0 Å². The third-order valence-electron chi connectivity index (χ3n) is 4.56. The standard InChI is InChI=1S/C20H17.C3H6.2ClH.Zr/c1-2-14-13-16-8-4-6-10-18(16)20(14)19-12-11-15-7-3-5-9-17(15)19;1-3-2;;;/h3-11,13,19-20H,2H2,1H3;1-2H3;2*1H;/q-1;;;;+2/p-2. The summed E-state index contributed by atoms with van der Waals surface area (Å²) in [5, 5.41) is 0. The van der Waals surface area contributed by atoms with Crippen LogP contribution in [0.5, 0.6) is 0 Å². The fraction of sp³-hybridized carbons (Fsp3) is 0.261. The third-order valence-corrected chi connectivity index (χ3v) is 4.56. The number of hydrogen-bond acceptors (Lipinski definition) is 0. The molecule has 0 bridgehead atoms. The van der Waals surface area contributed by atoms with Gasteiger partial charge in [-0.25, -0.2) is 6.08 Å². The van der Waals surface area contributed by atoms with E-state index in [9.17, 15) is 0 Å². The second-order valence-corrected chi connectivity index (χ2v) is 9.06. The SMILES string of the molecule is CCC1=Cc2ccccc2C1C1[C-]=Cc2ccccc21.C[C](C)=[Zr+2].[Cl-].[Cl-]. The Morgan fingerprint density at radius 2 is 1.46 bits per heavy atom. The maximum absolute atomic E-state index is 3.60. The van der Waals surface area contributed by atoms with Crippen LogP contribution in [0.4, 0.5) is 0 Å². The van der Waals surface area contributed by atoms with Gasteiger partial charge in [0, 0.05) is 0 Å². The van der Waals surface area contributed by atoms with Crippen LogP contribution in [-0.2, 0) is 24.2 Å². The number of fused-ring (bicyclic) bond motifs is 2. The maximum Gasteiger partial charge on any atom is -1.00 e. The zero-order chi connectivity index (χ0) is 17.1. The fourth-order valence-corrected chi connectivity index (χ4v) is 3.60. The molecule has 2 aromatic rings. The van der Waals surface area contributed by atoms with Crippen molar-refractivity contribution >= 4 is 15.4 Å². The van der Waals surface area contributed by atoms with Crippen LogP contribution in [-0.4, -0.2) is 3.21 Å². The van der Waals surface area contributed by atoms with Gasteiger partial charge in [-0.1, -0.05) is 67.0 Å². The van der Waals surface area contributed by atoms with Gasteiger partial charge in [-0.15, -0.1) is 11.6 Å². The Hall–Kier alpha value is -0.747. The second kappa shape index (κ2) is 10.6. The Labute approximate surface area is 184 Å². The minimum absolute atomic E-state index is 0. The molecule has 2 atom stereocenters. The van der Waals surface area contributed by atoms with Gasteiger partial charge in [0.25, 0.3) is 0 Å². The van der Waals surface area contributed by atoms with Crippen LogP contribution in [0.3, 0.4) is 0 Å². The Kier molecular flexibility index (Phi) is 9.45. The molecule has 26 heavy (non-hydrogen) atoms. The van der Waals surface area contributed by atoms with E-state index in [2.05, 4.69) is 87.5 Å². The van der Waals surface area contributed by atoms with E-state index < -0.39 is 0 Å². The van der Waals surface area contributed by atoms with E-state index in [1.54, 1.807) is 24.2 Å². The molecule has 0 spiro atoms. The van der Waals surface area contributed by atoms with Gasteiger partial charge in [0.15, 0.2) is 0 Å². The normalized spacial score (nSPS) is 18.4. The molecule has 2 aromatic carbocycles. The first-order valence-corrected chi connectivity index (χ1v) is 9.84. The molecule has 0 aliphatic heterocycles. The molecule has 2 aliphatic rings. The van der Waals surface area contributed by atoms with Gasteiger partial charge in [-0.2, -0.15) is 5.56 Å². The van der Waals surface area contributed by atoms with E-state index in [1.807, 2.05) is 0 Å². The molecule has 134 valence electrons. The van der Waals surface area contributed by atoms with Crippen molar-refractivity contribution in [1.82, 2.24) is 0 Å². The smallest absolute Gasteiger partial charge is 1.00 e. The molecular formula is C23H23Cl2Zr-. The maximum atomic E-state index is 3.60. The largest absolute Gasteiger partial charge is 1.00 e. The van der Waals surface area contributed by atoms with Crippen molar-refractivity contribution in [2.45, 2.75) is 39.0 Å². The van der Waals surface area contributed by atoms with Crippen molar-refractivity contribution < 1.29 is 49.0 Å². The fourth-order valence-electron chi connectivity index (χ4n) is 3.60. The molecule has 0 saturated carbocycles. The van der Waals surface area contributed by atoms with Crippen LogP contribution in [0.1, 0.15) is 61.3 Å². The Morgan fingerprint density at radius 3 is 2.08 bits per heavy atom. The van der Waals surface area contributed by atoms with Crippen molar-refractivity contribution in [3.05, 3.63) is 82.4 Å². The molecule has 0 fully saturated rings. The number of hydrogen-bond donors (Lipinski definition) is 0. The average Bonchev–Trinajstić information content (AvgIpc) is 3.14. The van der Waals surface area contributed by atoms with E-state index in [0.29, 0.717) is 11.8 Å². The summed E-state index contributed by atoms with van der Waals surface area (Å²) in [5.41, 5.74) is 7.15. The summed E-state index contributed by atoms with van der Waals surface area (Å²) in [6.07, 6.45) is 9.25. The zero-order valence-corrected chi connectivity index (χ0v) is 19.4. The van der Waals surface area contributed by atoms with Crippen LogP contribution in [0.2, 0.25) is 0 Å². The third kappa shape index (κ3) is 4.95. The van der Waals surface area contributed by atoms with E-state index >= 15 is 0 Å². The van der Waals surface area contributed by atoms with E-state index in [-0.39, 0.29) is 24.8 Å². The predicted molar refractivity (Wildman–Crippen MR) is 101 cm³/mol. The Morgan fingerprint density at radius 1 is 0.923 bits per heavy atom. The van der Waals surface area contributed by atoms with Crippen molar-refractivity contribution in [3.8, 4) is 0 Å². The molecule has 0 aromatic heterocycles. The zero-order valence-electron chi connectivity index (χ0n) is 15.4. The molecule has 4 rings (SSSR count). The second-order valence-electron chi connectivity index (χ2n) is 6.60. The molecule has 2 unspecified atom stereocenters. The van der Waals surface area contributed by atoms with Crippen LogP contribution >= 0.6 is 0 Å². The molecular weight excluding hydrogens is 438 g/mol. The summed E-state index contributed by atoms with van der Waals surface area (Å²) in [6.45, 7) is 6.51. The summed E-state index contributed by atoms with van der Waals surface area (Å²) in [6, 6.07) is 17.5. The van der Waals surface area contributed by atoms with Gasteiger partial charge in [0.05, 0.1) is 0 Å². The molecule has 0 heterocycles. The summed E-state index contributed by atoms with van der Waals surface area (Å²) in [5.74, 6) is 0.845. The van der Waals surface area contributed by atoms with Gasteiger partial charge < -0.3 is 24.8 Å². The molecule has 2 aliphatic carbocycles. The van der Waals surface area contributed by atoms with Crippen molar-refractivity contribution in [1.29, 1.82) is 0 Å². The van der Waals surface area contributed by atoms with Gasteiger partial charge in [0.2, 0.25) is 0 Å². The van der Waals surface area contributed by atoms with Crippen LogP contribution in [0, 0.1) is 6.08 Å². The minimum Gasteiger partial charge on any atom is -1.00 e. The molecule has 3 heteroatoms. The van der Waals surface area contributed by atoms with Gasteiger partial charge in [-0.05, 0) is 23.5 Å². The number of halogens is 2. The van der Waals surface area contributed by atoms with Crippen molar-refractivity contribution in [3.63, 3.8) is 0 Å². The van der Waals surface area contributed by atoms with Gasteiger partial charge in [-0.3, -0.25) is 6.08 Å². The average molecular weight is 462 g/mol. The number of rotatable bonds is 2. The van der Waals surface area contributed by atoms with Crippen LogP contribution < -0.4 is 24.8 Å². The minimum atomic E-state index is 0. The first-order valence-electron chi connectivity index (χ1n) is 8.61. The first kappa shape index (κ1) is 23.3. The van der Waals surface area contributed by atoms with E-state index in [1.165, 1.54) is 31.0 Å². The quantitative estimate of drug-likeness (QED) is 0.550. The summed E-state index contributed by atoms with van der Waals surface area (Å²) in [7, 11) is 0. The van der Waals surface area contributed by atoms with Gasteiger partial charge >= 0.3 is 41.3 Å². The molecule has 0 N–H and O–H groups in total. The summed E-state index contributed by atoms with van der Waals surface area (Å²) in [4.78, 5) is 0. The van der Waals surface area contributed by atoms with Crippen LogP contribution in [0.15, 0.2) is 54.1 Å². The number of allylic oxidation sites excluding steroid dienone is 2. The Balaban J connectivity index is 0.000000516. The van der Waals surface area contributed by atoms with Crippen molar-refractivity contribution in [2.24, 2.45) is 0 Å². The molecule has 0 nitrogen and oxygen atoms in total. The molecule has 0 amide bonds. The topological polar surface area (TPSA) is 0 Å². The Bertz CT molecular complexity index is 816.